The molecule has 1 unspecified atom stereocenters. The molecule has 16 heavy (non-hydrogen) atoms. The quantitative estimate of drug-likeness (QED) is 0.755. The second-order valence-corrected chi connectivity index (χ2v) is 4.07. The molecular weight excluding hydrogens is 247 g/mol. The molecule has 1 rings (SSSR count). The van der Waals surface area contributed by atoms with Crippen molar-refractivity contribution in [2.75, 3.05) is 6.61 Å². The smallest absolute Gasteiger partial charge is 0.152 e. The van der Waals surface area contributed by atoms with E-state index >= 15 is 0 Å². The van der Waals surface area contributed by atoms with Crippen molar-refractivity contribution in [3.8, 4) is 5.75 Å². The Hall–Kier alpha value is -0.730. The molecule has 1 aromatic rings. The maximum atomic E-state index is 11.3. The van der Waals surface area contributed by atoms with E-state index in [4.69, 9.17) is 27.9 Å². The minimum absolute atomic E-state index is 0.0957. The fourth-order valence-electron chi connectivity index (χ4n) is 1.47. The third-order valence-electron chi connectivity index (χ3n) is 2.23. The van der Waals surface area contributed by atoms with Crippen LogP contribution in [0.4, 0.5) is 0 Å². The molecule has 0 aliphatic rings. The third-order valence-corrected chi connectivity index (χ3v) is 3.04. The van der Waals surface area contributed by atoms with Crippen LogP contribution in [0.25, 0.3) is 0 Å². The molecule has 0 bridgehead atoms. The number of carbonyl (C=O) groups excluding carboxylic acids is 1. The summed E-state index contributed by atoms with van der Waals surface area (Å²) in [4.78, 5) is 11.3. The minimum atomic E-state index is -0.658. The fraction of sp³-hybridized carbons (Fsp3) is 0.417. The zero-order chi connectivity index (χ0) is 12.1. The largest absolute Gasteiger partial charge is 0.494 e. The number of hydrogen-bond donors (Lipinski definition) is 0. The standard InChI is InChI=1S/C12H14Cl2O2/c1-3-16-11-6-4-5-9(10(11)7-13)12(14)8(2)15/h4-6,12H,3,7H2,1-2H3. The summed E-state index contributed by atoms with van der Waals surface area (Å²) in [5, 5.41) is -0.658. The van der Waals surface area contributed by atoms with Gasteiger partial charge >= 0.3 is 0 Å². The van der Waals surface area contributed by atoms with E-state index in [1.165, 1.54) is 6.92 Å². The Morgan fingerprint density at radius 3 is 2.69 bits per heavy atom. The molecule has 1 aromatic carbocycles. The highest BCUT2D eigenvalue weighted by molar-refractivity contribution is 6.31. The van der Waals surface area contributed by atoms with Crippen LogP contribution in [-0.4, -0.2) is 12.4 Å². The summed E-state index contributed by atoms with van der Waals surface area (Å²) >= 11 is 11.9. The van der Waals surface area contributed by atoms with Gasteiger partial charge in [0.1, 0.15) is 11.1 Å². The highest BCUT2D eigenvalue weighted by Crippen LogP contribution is 2.32. The van der Waals surface area contributed by atoms with E-state index in [-0.39, 0.29) is 11.7 Å². The molecule has 4 heteroatoms. The average molecular weight is 261 g/mol. The highest BCUT2D eigenvalue weighted by atomic mass is 35.5. The maximum absolute atomic E-state index is 11.3. The Kier molecular flexibility index (Phi) is 5.10. The van der Waals surface area contributed by atoms with Crippen molar-refractivity contribution in [3.63, 3.8) is 0 Å². The van der Waals surface area contributed by atoms with Crippen molar-refractivity contribution in [2.24, 2.45) is 0 Å². The van der Waals surface area contributed by atoms with Crippen molar-refractivity contribution < 1.29 is 9.53 Å². The molecule has 88 valence electrons. The highest BCUT2D eigenvalue weighted by Gasteiger charge is 2.19. The predicted molar refractivity (Wildman–Crippen MR) is 66.4 cm³/mol. The van der Waals surface area contributed by atoms with Gasteiger partial charge in [0, 0.05) is 5.56 Å². The van der Waals surface area contributed by atoms with Gasteiger partial charge in [-0.25, -0.2) is 0 Å². The summed E-state index contributed by atoms with van der Waals surface area (Å²) in [6.07, 6.45) is 0. The van der Waals surface area contributed by atoms with Crippen LogP contribution in [0, 0.1) is 0 Å². The molecule has 0 radical (unpaired) electrons. The zero-order valence-electron chi connectivity index (χ0n) is 9.30. The number of alkyl halides is 2. The lowest BCUT2D eigenvalue weighted by Crippen LogP contribution is -2.06. The number of Topliss-reactive ketones (excluding diaryl/α,β-unsaturated/α-hetero) is 1. The van der Waals surface area contributed by atoms with Gasteiger partial charge in [0.2, 0.25) is 0 Å². The molecule has 0 saturated carbocycles. The molecule has 0 heterocycles. The number of carbonyl (C=O) groups is 1. The van der Waals surface area contributed by atoms with Gasteiger partial charge in [-0.3, -0.25) is 4.79 Å². The second kappa shape index (κ2) is 6.12. The van der Waals surface area contributed by atoms with E-state index in [0.29, 0.717) is 12.4 Å². The summed E-state index contributed by atoms with van der Waals surface area (Å²) in [6, 6.07) is 5.45. The first-order valence-corrected chi connectivity index (χ1v) is 6.04. The van der Waals surface area contributed by atoms with E-state index in [0.717, 1.165) is 11.1 Å². The Morgan fingerprint density at radius 1 is 1.50 bits per heavy atom. The van der Waals surface area contributed by atoms with Gasteiger partial charge in [0.05, 0.1) is 12.5 Å². The summed E-state index contributed by atoms with van der Waals surface area (Å²) in [5.41, 5.74) is 1.52. The topological polar surface area (TPSA) is 26.3 Å². The predicted octanol–water partition coefficient (Wildman–Crippen LogP) is 3.69. The van der Waals surface area contributed by atoms with Crippen molar-refractivity contribution >= 4 is 29.0 Å². The number of benzene rings is 1. The van der Waals surface area contributed by atoms with Crippen molar-refractivity contribution in [3.05, 3.63) is 29.3 Å². The van der Waals surface area contributed by atoms with Crippen LogP contribution in [0.5, 0.6) is 5.75 Å². The molecule has 0 aromatic heterocycles. The first kappa shape index (κ1) is 13.3. The molecule has 0 aliphatic heterocycles. The maximum Gasteiger partial charge on any atom is 0.152 e. The van der Waals surface area contributed by atoms with E-state index in [9.17, 15) is 4.79 Å². The Bertz CT molecular complexity index is 377. The molecule has 0 fully saturated rings. The van der Waals surface area contributed by atoms with E-state index in [2.05, 4.69) is 0 Å². The molecule has 1 atom stereocenters. The zero-order valence-corrected chi connectivity index (χ0v) is 10.8. The van der Waals surface area contributed by atoms with Gasteiger partial charge in [-0.2, -0.15) is 0 Å². The van der Waals surface area contributed by atoms with Crippen molar-refractivity contribution in [2.45, 2.75) is 25.1 Å². The second-order valence-electron chi connectivity index (χ2n) is 3.36. The lowest BCUT2D eigenvalue weighted by atomic mass is 10.0. The SMILES string of the molecule is CCOc1cccc(C(Cl)C(C)=O)c1CCl. The molecule has 0 N–H and O–H groups in total. The first-order chi connectivity index (χ1) is 7.61. The van der Waals surface area contributed by atoms with Gasteiger partial charge in [-0.15, -0.1) is 23.2 Å². The van der Waals surface area contributed by atoms with Crippen molar-refractivity contribution in [1.29, 1.82) is 0 Å². The molecule has 2 nitrogen and oxygen atoms in total. The average Bonchev–Trinajstić information content (AvgIpc) is 2.28. The van der Waals surface area contributed by atoms with E-state index < -0.39 is 5.38 Å². The normalized spacial score (nSPS) is 12.2. The number of hydrogen-bond acceptors (Lipinski definition) is 2. The van der Waals surface area contributed by atoms with Crippen LogP contribution in [0.2, 0.25) is 0 Å². The lowest BCUT2D eigenvalue weighted by molar-refractivity contribution is -0.116. The number of halogens is 2. The Morgan fingerprint density at radius 2 is 2.19 bits per heavy atom. The van der Waals surface area contributed by atoms with Crippen LogP contribution in [0.3, 0.4) is 0 Å². The summed E-state index contributed by atoms with van der Waals surface area (Å²) in [6.45, 7) is 3.91. The van der Waals surface area contributed by atoms with Gasteiger partial charge < -0.3 is 4.74 Å². The van der Waals surface area contributed by atoms with Crippen LogP contribution in [0.1, 0.15) is 30.4 Å². The first-order valence-electron chi connectivity index (χ1n) is 5.06. The monoisotopic (exact) mass is 260 g/mol. The molecular formula is C12H14Cl2O2. The van der Waals surface area contributed by atoms with E-state index in [1.54, 1.807) is 6.07 Å². The van der Waals surface area contributed by atoms with Crippen LogP contribution < -0.4 is 4.74 Å². The summed E-state index contributed by atoms with van der Waals surface area (Å²) in [5.74, 6) is 0.880. The van der Waals surface area contributed by atoms with Gasteiger partial charge in [-0.05, 0) is 25.5 Å². The Balaban J connectivity index is 3.17. The van der Waals surface area contributed by atoms with Crippen LogP contribution in [0.15, 0.2) is 18.2 Å². The molecule has 0 aliphatic carbocycles. The van der Waals surface area contributed by atoms with E-state index in [1.807, 2.05) is 19.1 Å². The van der Waals surface area contributed by atoms with Crippen LogP contribution >= 0.6 is 23.2 Å². The van der Waals surface area contributed by atoms with Gasteiger partial charge in [0.15, 0.2) is 5.78 Å². The van der Waals surface area contributed by atoms with Crippen molar-refractivity contribution in [1.82, 2.24) is 0 Å². The van der Waals surface area contributed by atoms with Gasteiger partial charge in [0.25, 0.3) is 0 Å². The lowest BCUT2D eigenvalue weighted by Gasteiger charge is -2.15. The Labute approximate surface area is 106 Å². The third kappa shape index (κ3) is 2.89. The minimum Gasteiger partial charge on any atom is -0.494 e. The number of ether oxygens (including phenoxy) is 1. The summed E-state index contributed by atoms with van der Waals surface area (Å²) in [7, 11) is 0. The van der Waals surface area contributed by atoms with Crippen LogP contribution in [-0.2, 0) is 10.7 Å². The fourth-order valence-corrected chi connectivity index (χ4v) is 1.96. The van der Waals surface area contributed by atoms with Gasteiger partial charge in [-0.1, -0.05) is 12.1 Å². The molecule has 0 saturated heterocycles. The number of ketones is 1. The number of rotatable bonds is 5. The molecule has 0 spiro atoms. The molecule has 0 amide bonds. The summed E-state index contributed by atoms with van der Waals surface area (Å²) < 4.78 is 5.44.